The molecule has 0 saturated carbocycles. The molecule has 114 valence electrons. The Labute approximate surface area is 134 Å². The largest absolute Gasteiger partial charge is 0.324 e. The van der Waals surface area contributed by atoms with Crippen LogP contribution < -0.4 is 11.5 Å². The highest BCUT2D eigenvalue weighted by atomic mass is 35.5. The normalized spacial score (nSPS) is 13.2. The van der Waals surface area contributed by atoms with Gasteiger partial charge in [-0.25, -0.2) is 0 Å². The number of nitrogens with two attached hydrogens (primary N) is 2. The Balaban J connectivity index is 0.00000220. The number of benzene rings is 2. The molecule has 0 aliphatic heterocycles. The van der Waals surface area contributed by atoms with Crippen molar-refractivity contribution in [3.05, 3.63) is 71.8 Å². The van der Waals surface area contributed by atoms with Crippen molar-refractivity contribution in [2.45, 2.75) is 37.8 Å². The SMILES string of the molecule is Cl.NC(CCCCC(N)c1ccccc1)c1ccccc1. The fraction of sp³-hybridized carbons (Fsp3) is 0.333. The smallest absolute Gasteiger partial charge is 0.0294 e. The Kier molecular flexibility index (Phi) is 8.06. The zero-order valence-corrected chi connectivity index (χ0v) is 13.1. The number of halogens is 1. The molecule has 0 heterocycles. The second-order valence-corrected chi connectivity index (χ2v) is 5.32. The second kappa shape index (κ2) is 9.56. The molecule has 4 N–H and O–H groups in total. The maximum absolute atomic E-state index is 6.19. The summed E-state index contributed by atoms with van der Waals surface area (Å²) in [5.74, 6) is 0. The Bertz CT molecular complexity index is 440. The second-order valence-electron chi connectivity index (χ2n) is 5.32. The molecule has 0 aromatic heterocycles. The molecular formula is C18H25ClN2. The quantitative estimate of drug-likeness (QED) is 0.746. The molecule has 0 aliphatic carbocycles. The molecule has 2 aromatic carbocycles. The summed E-state index contributed by atoms with van der Waals surface area (Å²) in [6.07, 6.45) is 4.28. The minimum absolute atomic E-state index is 0. The van der Waals surface area contributed by atoms with E-state index in [4.69, 9.17) is 11.5 Å². The van der Waals surface area contributed by atoms with Crippen LogP contribution in [0.5, 0.6) is 0 Å². The summed E-state index contributed by atoms with van der Waals surface area (Å²) in [5.41, 5.74) is 14.8. The molecule has 2 atom stereocenters. The summed E-state index contributed by atoms with van der Waals surface area (Å²) in [7, 11) is 0. The van der Waals surface area contributed by atoms with Crippen molar-refractivity contribution < 1.29 is 0 Å². The first-order valence-corrected chi connectivity index (χ1v) is 7.38. The van der Waals surface area contributed by atoms with Crippen LogP contribution in [-0.2, 0) is 0 Å². The molecule has 0 bridgehead atoms. The summed E-state index contributed by atoms with van der Waals surface area (Å²) in [6, 6.07) is 20.9. The summed E-state index contributed by atoms with van der Waals surface area (Å²) >= 11 is 0. The lowest BCUT2D eigenvalue weighted by molar-refractivity contribution is 0.533. The molecule has 2 aromatic rings. The lowest BCUT2D eigenvalue weighted by Crippen LogP contribution is -2.12. The van der Waals surface area contributed by atoms with Gasteiger partial charge in [-0.15, -0.1) is 12.4 Å². The average Bonchev–Trinajstić information content (AvgIpc) is 2.53. The van der Waals surface area contributed by atoms with Crippen LogP contribution in [0.4, 0.5) is 0 Å². The third-order valence-electron chi connectivity index (χ3n) is 3.74. The Morgan fingerprint density at radius 1 is 0.619 bits per heavy atom. The monoisotopic (exact) mass is 304 g/mol. The van der Waals surface area contributed by atoms with Crippen LogP contribution in [0.3, 0.4) is 0 Å². The number of hydrogen-bond donors (Lipinski definition) is 2. The highest BCUT2D eigenvalue weighted by Gasteiger charge is 2.07. The molecule has 2 rings (SSSR count). The van der Waals surface area contributed by atoms with E-state index in [1.165, 1.54) is 11.1 Å². The summed E-state index contributed by atoms with van der Waals surface area (Å²) in [6.45, 7) is 0. The molecule has 0 fully saturated rings. The highest BCUT2D eigenvalue weighted by molar-refractivity contribution is 5.85. The van der Waals surface area contributed by atoms with Gasteiger partial charge in [0.05, 0.1) is 0 Å². The van der Waals surface area contributed by atoms with Crippen LogP contribution in [0.2, 0.25) is 0 Å². The molecule has 0 radical (unpaired) electrons. The van der Waals surface area contributed by atoms with Crippen molar-refractivity contribution in [1.82, 2.24) is 0 Å². The molecule has 2 unspecified atom stereocenters. The van der Waals surface area contributed by atoms with E-state index in [-0.39, 0.29) is 24.5 Å². The summed E-state index contributed by atoms with van der Waals surface area (Å²) < 4.78 is 0. The zero-order chi connectivity index (χ0) is 14.2. The third kappa shape index (κ3) is 5.88. The fourth-order valence-corrected chi connectivity index (χ4v) is 2.46. The number of unbranched alkanes of at least 4 members (excludes halogenated alkanes) is 1. The van der Waals surface area contributed by atoms with E-state index < -0.39 is 0 Å². The van der Waals surface area contributed by atoms with E-state index in [1.54, 1.807) is 0 Å². The van der Waals surface area contributed by atoms with Gasteiger partial charge in [0.1, 0.15) is 0 Å². The average molecular weight is 305 g/mol. The van der Waals surface area contributed by atoms with Gasteiger partial charge in [0.25, 0.3) is 0 Å². The van der Waals surface area contributed by atoms with Crippen LogP contribution in [0.15, 0.2) is 60.7 Å². The lowest BCUT2D eigenvalue weighted by Gasteiger charge is -2.14. The van der Waals surface area contributed by atoms with Crippen LogP contribution in [0.25, 0.3) is 0 Å². The summed E-state index contributed by atoms with van der Waals surface area (Å²) in [5, 5.41) is 0. The predicted molar refractivity (Wildman–Crippen MR) is 92.5 cm³/mol. The highest BCUT2D eigenvalue weighted by Crippen LogP contribution is 2.20. The molecule has 0 spiro atoms. The van der Waals surface area contributed by atoms with Crippen LogP contribution in [0.1, 0.15) is 48.9 Å². The number of rotatable bonds is 7. The topological polar surface area (TPSA) is 52.0 Å². The maximum atomic E-state index is 6.19. The first kappa shape index (κ1) is 17.7. The van der Waals surface area contributed by atoms with E-state index in [0.717, 1.165) is 25.7 Å². The molecule has 0 aliphatic rings. The molecule has 0 amide bonds. The van der Waals surface area contributed by atoms with Gasteiger partial charge in [-0.1, -0.05) is 73.5 Å². The minimum atomic E-state index is 0. The van der Waals surface area contributed by atoms with Crippen LogP contribution >= 0.6 is 12.4 Å². The molecule has 3 heteroatoms. The van der Waals surface area contributed by atoms with Crippen LogP contribution in [-0.4, -0.2) is 0 Å². The summed E-state index contributed by atoms with van der Waals surface area (Å²) in [4.78, 5) is 0. The van der Waals surface area contributed by atoms with Gasteiger partial charge in [-0.2, -0.15) is 0 Å². The fourth-order valence-electron chi connectivity index (χ4n) is 2.46. The van der Waals surface area contributed by atoms with Crippen molar-refractivity contribution in [2.75, 3.05) is 0 Å². The molecule has 0 saturated heterocycles. The standard InChI is InChI=1S/C18H24N2.ClH/c19-17(15-9-3-1-4-10-15)13-7-8-14-18(20)16-11-5-2-6-12-16;/h1-6,9-12,17-18H,7-8,13-14,19-20H2;1H. The van der Waals surface area contributed by atoms with Crippen molar-refractivity contribution >= 4 is 12.4 Å². The van der Waals surface area contributed by atoms with E-state index >= 15 is 0 Å². The Hall–Kier alpha value is -1.35. The van der Waals surface area contributed by atoms with Gasteiger partial charge < -0.3 is 11.5 Å². The minimum Gasteiger partial charge on any atom is -0.324 e. The first-order chi connectivity index (χ1) is 9.77. The molecule has 2 nitrogen and oxygen atoms in total. The van der Waals surface area contributed by atoms with E-state index in [0.29, 0.717) is 0 Å². The Morgan fingerprint density at radius 2 is 0.952 bits per heavy atom. The van der Waals surface area contributed by atoms with E-state index in [9.17, 15) is 0 Å². The van der Waals surface area contributed by atoms with Crippen molar-refractivity contribution in [2.24, 2.45) is 11.5 Å². The van der Waals surface area contributed by atoms with E-state index in [1.807, 2.05) is 36.4 Å². The van der Waals surface area contributed by atoms with Gasteiger partial charge in [-0.3, -0.25) is 0 Å². The first-order valence-electron chi connectivity index (χ1n) is 7.38. The predicted octanol–water partition coefficient (Wildman–Crippen LogP) is 4.37. The van der Waals surface area contributed by atoms with Gasteiger partial charge >= 0.3 is 0 Å². The van der Waals surface area contributed by atoms with Crippen molar-refractivity contribution in [3.8, 4) is 0 Å². The zero-order valence-electron chi connectivity index (χ0n) is 12.3. The van der Waals surface area contributed by atoms with Crippen molar-refractivity contribution in [1.29, 1.82) is 0 Å². The molecule has 21 heavy (non-hydrogen) atoms. The van der Waals surface area contributed by atoms with Crippen molar-refractivity contribution in [3.63, 3.8) is 0 Å². The van der Waals surface area contributed by atoms with Gasteiger partial charge in [0.15, 0.2) is 0 Å². The van der Waals surface area contributed by atoms with Gasteiger partial charge in [0, 0.05) is 12.1 Å². The Morgan fingerprint density at radius 3 is 1.29 bits per heavy atom. The maximum Gasteiger partial charge on any atom is 0.0294 e. The number of hydrogen-bond acceptors (Lipinski definition) is 2. The van der Waals surface area contributed by atoms with Crippen LogP contribution in [0, 0.1) is 0 Å². The van der Waals surface area contributed by atoms with Gasteiger partial charge in [0.2, 0.25) is 0 Å². The lowest BCUT2D eigenvalue weighted by atomic mass is 9.98. The third-order valence-corrected chi connectivity index (χ3v) is 3.74. The van der Waals surface area contributed by atoms with Gasteiger partial charge in [-0.05, 0) is 24.0 Å². The van der Waals surface area contributed by atoms with E-state index in [2.05, 4.69) is 24.3 Å². The molecular weight excluding hydrogens is 280 g/mol.